The number of carbonyl (C=O) groups excluding carboxylic acids is 2. The van der Waals surface area contributed by atoms with Crippen molar-refractivity contribution in [3.63, 3.8) is 0 Å². The van der Waals surface area contributed by atoms with Gasteiger partial charge in [0.2, 0.25) is 5.91 Å². The minimum atomic E-state index is -0.178. The number of amides is 2. The van der Waals surface area contributed by atoms with Gasteiger partial charge in [-0.25, -0.2) is 4.99 Å². The molecule has 0 aromatic carbocycles. The molecule has 0 aromatic rings. The van der Waals surface area contributed by atoms with E-state index in [0.717, 1.165) is 49.3 Å². The third kappa shape index (κ3) is 4.09. The first kappa shape index (κ1) is 18.3. The van der Waals surface area contributed by atoms with Crippen LogP contribution in [0.1, 0.15) is 64.2 Å². The first-order valence-electron chi connectivity index (χ1n) is 9.74. The van der Waals surface area contributed by atoms with Crippen LogP contribution in [0.5, 0.6) is 0 Å². The molecule has 4 aliphatic rings. The van der Waals surface area contributed by atoms with Gasteiger partial charge in [0.05, 0.1) is 5.04 Å². The highest BCUT2D eigenvalue weighted by atomic mass is 32.2. The summed E-state index contributed by atoms with van der Waals surface area (Å²) in [5.41, 5.74) is 1.27. The van der Waals surface area contributed by atoms with E-state index in [4.69, 9.17) is 0 Å². The summed E-state index contributed by atoms with van der Waals surface area (Å²) in [7, 11) is 0. The molecule has 5 nitrogen and oxygen atoms in total. The molecule has 1 fully saturated rings. The van der Waals surface area contributed by atoms with E-state index in [0.29, 0.717) is 17.6 Å². The molecule has 2 aliphatic carbocycles. The smallest absolute Gasteiger partial charge is 0.262 e. The van der Waals surface area contributed by atoms with Crippen molar-refractivity contribution >= 4 is 45.5 Å². The number of rotatable bonds is 5. The molecule has 2 amide bonds. The average Bonchev–Trinajstić information content (AvgIpc) is 3.20. The SMILES string of the molecule is O=C(CCCSC1=NC(=O)C2C(=N1)SC1=C2CCC1)NC1CCCCC1. The summed E-state index contributed by atoms with van der Waals surface area (Å²) < 4.78 is 0. The summed E-state index contributed by atoms with van der Waals surface area (Å²) in [4.78, 5) is 34.6. The minimum Gasteiger partial charge on any atom is -0.353 e. The topological polar surface area (TPSA) is 70.9 Å². The Kier molecular flexibility index (Phi) is 5.84. The minimum absolute atomic E-state index is 0.0491. The molecule has 1 atom stereocenters. The first-order chi connectivity index (χ1) is 12.7. The van der Waals surface area contributed by atoms with Crippen LogP contribution < -0.4 is 5.32 Å². The number of carbonyl (C=O) groups is 2. The van der Waals surface area contributed by atoms with E-state index in [2.05, 4.69) is 15.3 Å². The van der Waals surface area contributed by atoms with Gasteiger partial charge < -0.3 is 5.32 Å². The van der Waals surface area contributed by atoms with Crippen molar-refractivity contribution in [1.29, 1.82) is 0 Å². The molecule has 140 valence electrons. The number of aliphatic imine (C=N–C) groups is 2. The zero-order valence-electron chi connectivity index (χ0n) is 15.0. The van der Waals surface area contributed by atoms with Gasteiger partial charge in [-0.2, -0.15) is 4.99 Å². The normalized spacial score (nSPS) is 25.7. The lowest BCUT2D eigenvalue weighted by molar-refractivity contribution is -0.122. The number of amidine groups is 1. The Morgan fingerprint density at radius 1 is 1.15 bits per heavy atom. The molecule has 2 heterocycles. The number of nitrogens with one attached hydrogen (secondary N) is 1. The largest absolute Gasteiger partial charge is 0.353 e. The van der Waals surface area contributed by atoms with Crippen LogP contribution >= 0.6 is 23.5 Å². The number of nitrogens with zero attached hydrogens (tertiary/aromatic N) is 2. The van der Waals surface area contributed by atoms with Gasteiger partial charge in [0.25, 0.3) is 5.91 Å². The predicted octanol–water partition coefficient (Wildman–Crippen LogP) is 4.04. The Hall–Kier alpha value is -1.08. The second-order valence-electron chi connectivity index (χ2n) is 7.37. The average molecular weight is 392 g/mol. The van der Waals surface area contributed by atoms with E-state index >= 15 is 0 Å². The van der Waals surface area contributed by atoms with Crippen LogP contribution in [0.4, 0.5) is 0 Å². The molecule has 2 aliphatic heterocycles. The third-order valence-corrected chi connectivity index (χ3v) is 7.62. The van der Waals surface area contributed by atoms with Crippen molar-refractivity contribution in [1.82, 2.24) is 5.32 Å². The second-order valence-corrected chi connectivity index (χ2v) is 9.55. The molecule has 4 rings (SSSR count). The number of thioether (sulfide) groups is 2. The van der Waals surface area contributed by atoms with Gasteiger partial charge in [-0.15, -0.1) is 0 Å². The highest BCUT2D eigenvalue weighted by molar-refractivity contribution is 8.18. The Morgan fingerprint density at radius 2 is 2.00 bits per heavy atom. The van der Waals surface area contributed by atoms with E-state index < -0.39 is 0 Å². The number of hydrogen-bond acceptors (Lipinski definition) is 5. The van der Waals surface area contributed by atoms with Crippen LogP contribution in [-0.2, 0) is 9.59 Å². The van der Waals surface area contributed by atoms with Gasteiger partial charge in [-0.1, -0.05) is 42.8 Å². The summed E-state index contributed by atoms with van der Waals surface area (Å²) in [6, 6.07) is 0.376. The Labute approximate surface area is 163 Å². The molecular weight excluding hydrogens is 366 g/mol. The fourth-order valence-electron chi connectivity index (χ4n) is 4.12. The van der Waals surface area contributed by atoms with Crippen molar-refractivity contribution in [2.45, 2.75) is 70.3 Å². The highest BCUT2D eigenvalue weighted by Crippen LogP contribution is 2.49. The maximum Gasteiger partial charge on any atom is 0.262 e. The number of allylic oxidation sites excluding steroid dienone is 1. The zero-order valence-corrected chi connectivity index (χ0v) is 16.6. The van der Waals surface area contributed by atoms with Gasteiger partial charge >= 0.3 is 0 Å². The number of fused-ring (bicyclic) bond motifs is 2. The summed E-state index contributed by atoms with van der Waals surface area (Å²) in [6.07, 6.45) is 10.6. The van der Waals surface area contributed by atoms with Gasteiger partial charge in [-0.05, 0) is 49.0 Å². The van der Waals surface area contributed by atoms with Crippen molar-refractivity contribution < 1.29 is 9.59 Å². The van der Waals surface area contributed by atoms with Crippen LogP contribution in [0.3, 0.4) is 0 Å². The summed E-state index contributed by atoms with van der Waals surface area (Å²) in [5.74, 6) is 0.691. The Bertz CT molecular complexity index is 693. The molecular formula is C19H25N3O2S2. The molecule has 1 saturated carbocycles. The fraction of sp³-hybridized carbons (Fsp3) is 0.684. The highest BCUT2D eigenvalue weighted by Gasteiger charge is 2.41. The van der Waals surface area contributed by atoms with Crippen LogP contribution in [0.25, 0.3) is 0 Å². The van der Waals surface area contributed by atoms with Gasteiger partial charge in [0.1, 0.15) is 5.92 Å². The van der Waals surface area contributed by atoms with Gasteiger partial charge in [0, 0.05) is 18.2 Å². The Morgan fingerprint density at radius 3 is 2.85 bits per heavy atom. The van der Waals surface area contributed by atoms with E-state index in [1.807, 2.05) is 0 Å². The second kappa shape index (κ2) is 8.30. The molecule has 1 unspecified atom stereocenters. The lowest BCUT2D eigenvalue weighted by atomic mass is 9.95. The van der Waals surface area contributed by atoms with E-state index in [1.165, 1.54) is 41.5 Å². The fourth-order valence-corrected chi connectivity index (χ4v) is 6.31. The first-order valence-corrected chi connectivity index (χ1v) is 11.5. The predicted molar refractivity (Wildman–Crippen MR) is 109 cm³/mol. The van der Waals surface area contributed by atoms with E-state index in [-0.39, 0.29) is 17.7 Å². The van der Waals surface area contributed by atoms with E-state index in [1.54, 1.807) is 11.8 Å². The molecule has 0 radical (unpaired) electrons. The van der Waals surface area contributed by atoms with Crippen molar-refractivity contribution in [3.8, 4) is 0 Å². The quantitative estimate of drug-likeness (QED) is 0.718. The third-order valence-electron chi connectivity index (χ3n) is 5.44. The van der Waals surface area contributed by atoms with Crippen molar-refractivity contribution in [2.75, 3.05) is 5.75 Å². The summed E-state index contributed by atoms with van der Waals surface area (Å²) in [6.45, 7) is 0. The van der Waals surface area contributed by atoms with E-state index in [9.17, 15) is 9.59 Å². The standard InChI is InChI=1S/C19H25N3O2S2/c23-15(20-12-6-2-1-3-7-12)10-5-11-25-19-21-17(24)16-13-8-4-9-14(13)26-18(16)22-19/h12,16H,1-11H2,(H,20,23). The van der Waals surface area contributed by atoms with Crippen molar-refractivity contribution in [3.05, 3.63) is 10.5 Å². The maximum atomic E-state index is 12.4. The van der Waals surface area contributed by atoms with Crippen LogP contribution in [0, 0.1) is 5.92 Å². The molecule has 7 heteroatoms. The van der Waals surface area contributed by atoms with Crippen LogP contribution in [-0.4, -0.2) is 33.8 Å². The molecule has 1 N–H and O–H groups in total. The maximum absolute atomic E-state index is 12.4. The summed E-state index contributed by atoms with van der Waals surface area (Å²) in [5, 5.41) is 4.64. The monoisotopic (exact) mass is 391 g/mol. The van der Waals surface area contributed by atoms with Crippen LogP contribution in [0.2, 0.25) is 0 Å². The summed E-state index contributed by atoms with van der Waals surface area (Å²) >= 11 is 3.18. The molecule has 0 aromatic heterocycles. The van der Waals surface area contributed by atoms with Gasteiger partial charge in [-0.3, -0.25) is 9.59 Å². The molecule has 26 heavy (non-hydrogen) atoms. The number of hydrogen-bond donors (Lipinski definition) is 1. The van der Waals surface area contributed by atoms with Crippen molar-refractivity contribution in [2.24, 2.45) is 15.9 Å². The molecule has 0 saturated heterocycles. The lowest BCUT2D eigenvalue weighted by Crippen LogP contribution is -2.36. The molecule has 0 bridgehead atoms. The zero-order chi connectivity index (χ0) is 17.9. The lowest BCUT2D eigenvalue weighted by Gasteiger charge is -2.22. The molecule has 0 spiro atoms. The van der Waals surface area contributed by atoms with Gasteiger partial charge in [0.15, 0.2) is 5.17 Å². The van der Waals surface area contributed by atoms with Crippen LogP contribution in [0.15, 0.2) is 20.5 Å². The Balaban J connectivity index is 1.20.